The van der Waals surface area contributed by atoms with E-state index in [1.54, 1.807) is 18.2 Å². The summed E-state index contributed by atoms with van der Waals surface area (Å²) in [7, 11) is 1.94. The molecule has 4 heteroatoms. The number of nitriles is 1. The predicted molar refractivity (Wildman–Crippen MR) is 77.4 cm³/mol. The standard InChI is InChI=1S/C15H12BrFN2/c1-19(13-4-2-3-11(7-13)9-18)10-12-5-6-15(17)14(16)8-12/h2-8H,10H2,1H3. The number of halogens is 2. The number of nitrogens with zero attached hydrogens (tertiary/aromatic N) is 2. The smallest absolute Gasteiger partial charge is 0.137 e. The van der Waals surface area contributed by atoms with E-state index in [1.807, 2.05) is 30.1 Å². The molecule has 0 amide bonds. The van der Waals surface area contributed by atoms with Crippen LogP contribution < -0.4 is 4.90 Å². The van der Waals surface area contributed by atoms with Crippen LogP contribution in [0.1, 0.15) is 11.1 Å². The van der Waals surface area contributed by atoms with Gasteiger partial charge in [-0.2, -0.15) is 5.26 Å². The van der Waals surface area contributed by atoms with Gasteiger partial charge in [-0.3, -0.25) is 0 Å². The van der Waals surface area contributed by atoms with Crippen molar-refractivity contribution >= 4 is 21.6 Å². The van der Waals surface area contributed by atoms with Crippen molar-refractivity contribution in [3.63, 3.8) is 0 Å². The average Bonchev–Trinajstić information content (AvgIpc) is 2.43. The van der Waals surface area contributed by atoms with Gasteiger partial charge >= 0.3 is 0 Å². The molecule has 0 aromatic heterocycles. The van der Waals surface area contributed by atoms with E-state index in [1.165, 1.54) is 6.07 Å². The van der Waals surface area contributed by atoms with Crippen LogP contribution in [0, 0.1) is 17.1 Å². The Morgan fingerprint density at radius 1 is 1.26 bits per heavy atom. The second-order valence-electron chi connectivity index (χ2n) is 4.27. The Balaban J connectivity index is 2.18. The lowest BCUT2D eigenvalue weighted by Gasteiger charge is -2.19. The normalized spacial score (nSPS) is 10.0. The summed E-state index contributed by atoms with van der Waals surface area (Å²) in [5, 5.41) is 8.88. The van der Waals surface area contributed by atoms with E-state index in [4.69, 9.17) is 5.26 Å². The molecule has 0 unspecified atom stereocenters. The fourth-order valence-corrected chi connectivity index (χ4v) is 2.24. The van der Waals surface area contributed by atoms with Crippen molar-refractivity contribution in [1.82, 2.24) is 0 Å². The van der Waals surface area contributed by atoms with E-state index in [9.17, 15) is 4.39 Å². The van der Waals surface area contributed by atoms with E-state index in [0.717, 1.165) is 11.3 Å². The van der Waals surface area contributed by atoms with Crippen LogP contribution in [0.25, 0.3) is 0 Å². The van der Waals surface area contributed by atoms with Gasteiger partial charge in [0, 0.05) is 19.3 Å². The van der Waals surface area contributed by atoms with Crippen molar-refractivity contribution in [1.29, 1.82) is 5.26 Å². The van der Waals surface area contributed by atoms with E-state index < -0.39 is 0 Å². The first-order valence-corrected chi connectivity index (χ1v) is 6.54. The second-order valence-corrected chi connectivity index (χ2v) is 5.12. The van der Waals surface area contributed by atoms with Crippen LogP contribution in [0.2, 0.25) is 0 Å². The largest absolute Gasteiger partial charge is 0.370 e. The first kappa shape index (κ1) is 13.6. The highest BCUT2D eigenvalue weighted by Gasteiger charge is 2.05. The number of hydrogen-bond donors (Lipinski definition) is 0. The summed E-state index contributed by atoms with van der Waals surface area (Å²) in [6, 6.07) is 14.5. The molecule has 0 fully saturated rings. The topological polar surface area (TPSA) is 27.0 Å². The molecule has 0 saturated heterocycles. The molecular formula is C15H12BrFN2. The Bertz CT molecular complexity index is 634. The Kier molecular flexibility index (Phi) is 4.18. The van der Waals surface area contributed by atoms with Gasteiger partial charge in [-0.1, -0.05) is 12.1 Å². The number of anilines is 1. The lowest BCUT2D eigenvalue weighted by molar-refractivity contribution is 0.620. The lowest BCUT2D eigenvalue weighted by atomic mass is 10.1. The van der Waals surface area contributed by atoms with Gasteiger partial charge in [0.2, 0.25) is 0 Å². The van der Waals surface area contributed by atoms with E-state index in [-0.39, 0.29) is 5.82 Å². The number of hydrogen-bond acceptors (Lipinski definition) is 2. The minimum Gasteiger partial charge on any atom is -0.370 e. The van der Waals surface area contributed by atoms with E-state index in [0.29, 0.717) is 16.6 Å². The highest BCUT2D eigenvalue weighted by atomic mass is 79.9. The molecule has 0 heterocycles. The molecule has 0 aliphatic heterocycles. The predicted octanol–water partition coefficient (Wildman–Crippen LogP) is 4.10. The molecule has 96 valence electrons. The zero-order chi connectivity index (χ0) is 13.8. The molecule has 2 aromatic rings. The third-order valence-electron chi connectivity index (χ3n) is 2.82. The van der Waals surface area contributed by atoms with Crippen LogP contribution in [-0.4, -0.2) is 7.05 Å². The van der Waals surface area contributed by atoms with Gasteiger partial charge in [0.25, 0.3) is 0 Å². The number of benzene rings is 2. The van der Waals surface area contributed by atoms with Gasteiger partial charge in [-0.15, -0.1) is 0 Å². The van der Waals surface area contributed by atoms with E-state index in [2.05, 4.69) is 22.0 Å². The molecule has 0 bridgehead atoms. The first-order chi connectivity index (χ1) is 9.10. The molecule has 0 saturated carbocycles. The highest BCUT2D eigenvalue weighted by Crippen LogP contribution is 2.20. The van der Waals surface area contributed by atoms with Crippen LogP contribution in [-0.2, 0) is 6.54 Å². The molecule has 2 rings (SSSR count). The number of rotatable bonds is 3. The summed E-state index contributed by atoms with van der Waals surface area (Å²) >= 11 is 3.18. The van der Waals surface area contributed by atoms with E-state index >= 15 is 0 Å². The average molecular weight is 319 g/mol. The van der Waals surface area contributed by atoms with Crippen molar-refractivity contribution in [3.05, 3.63) is 63.9 Å². The molecule has 0 aliphatic rings. The third kappa shape index (κ3) is 3.33. The summed E-state index contributed by atoms with van der Waals surface area (Å²) in [6.45, 7) is 0.647. The highest BCUT2D eigenvalue weighted by molar-refractivity contribution is 9.10. The van der Waals surface area contributed by atoms with Crippen molar-refractivity contribution in [2.75, 3.05) is 11.9 Å². The van der Waals surface area contributed by atoms with Crippen LogP contribution in [0.3, 0.4) is 0 Å². The maximum absolute atomic E-state index is 13.2. The Morgan fingerprint density at radius 3 is 2.74 bits per heavy atom. The van der Waals surface area contributed by atoms with Gasteiger partial charge in [0.15, 0.2) is 0 Å². The lowest BCUT2D eigenvalue weighted by Crippen LogP contribution is -2.16. The van der Waals surface area contributed by atoms with Crippen LogP contribution in [0.4, 0.5) is 10.1 Å². The summed E-state index contributed by atoms with van der Waals surface area (Å²) in [5.41, 5.74) is 2.59. The molecule has 0 N–H and O–H groups in total. The minimum atomic E-state index is -0.266. The maximum atomic E-state index is 13.2. The third-order valence-corrected chi connectivity index (χ3v) is 3.43. The Labute approximate surface area is 120 Å². The Morgan fingerprint density at radius 2 is 2.05 bits per heavy atom. The summed E-state index contributed by atoms with van der Waals surface area (Å²) < 4.78 is 13.6. The zero-order valence-corrected chi connectivity index (χ0v) is 12.0. The van der Waals surface area contributed by atoms with Crippen LogP contribution in [0.5, 0.6) is 0 Å². The van der Waals surface area contributed by atoms with Crippen molar-refractivity contribution < 1.29 is 4.39 Å². The molecule has 0 atom stereocenters. The molecule has 2 aromatic carbocycles. The maximum Gasteiger partial charge on any atom is 0.137 e. The van der Waals surface area contributed by atoms with Gasteiger partial charge < -0.3 is 4.90 Å². The fraction of sp³-hybridized carbons (Fsp3) is 0.133. The van der Waals surface area contributed by atoms with Crippen molar-refractivity contribution in [2.45, 2.75) is 6.54 Å². The molecule has 0 radical (unpaired) electrons. The zero-order valence-electron chi connectivity index (χ0n) is 10.4. The van der Waals surface area contributed by atoms with Crippen LogP contribution in [0.15, 0.2) is 46.9 Å². The summed E-state index contributed by atoms with van der Waals surface area (Å²) in [5.74, 6) is -0.266. The van der Waals surface area contributed by atoms with Crippen LogP contribution >= 0.6 is 15.9 Å². The molecule has 19 heavy (non-hydrogen) atoms. The summed E-state index contributed by atoms with van der Waals surface area (Å²) in [4.78, 5) is 2.01. The monoisotopic (exact) mass is 318 g/mol. The molecular weight excluding hydrogens is 307 g/mol. The summed E-state index contributed by atoms with van der Waals surface area (Å²) in [6.07, 6.45) is 0. The van der Waals surface area contributed by atoms with Crippen molar-refractivity contribution in [3.8, 4) is 6.07 Å². The first-order valence-electron chi connectivity index (χ1n) is 5.75. The quantitative estimate of drug-likeness (QED) is 0.852. The molecule has 0 spiro atoms. The second kappa shape index (κ2) is 5.85. The van der Waals surface area contributed by atoms with Gasteiger partial charge in [-0.25, -0.2) is 4.39 Å². The van der Waals surface area contributed by atoms with Gasteiger partial charge in [-0.05, 0) is 51.8 Å². The Hall–Kier alpha value is -1.86. The van der Waals surface area contributed by atoms with Gasteiger partial charge in [0.1, 0.15) is 5.82 Å². The minimum absolute atomic E-state index is 0.266. The fourth-order valence-electron chi connectivity index (χ4n) is 1.82. The SMILES string of the molecule is CN(Cc1ccc(F)c(Br)c1)c1cccc(C#N)c1. The van der Waals surface area contributed by atoms with Gasteiger partial charge in [0.05, 0.1) is 16.1 Å². The molecule has 0 aliphatic carbocycles. The van der Waals surface area contributed by atoms with Crippen molar-refractivity contribution in [2.24, 2.45) is 0 Å². The molecule has 2 nitrogen and oxygen atoms in total.